The largest absolute Gasteiger partial charge is 0.213 e. The minimum Gasteiger partial charge on any atom is -0.201 e. The summed E-state index contributed by atoms with van der Waals surface area (Å²) in [6.45, 7) is 5.96. The highest BCUT2D eigenvalue weighted by molar-refractivity contribution is 5.70. The molecule has 0 saturated carbocycles. The molecule has 0 atom stereocenters. The molecule has 1 heterocycles. The molecule has 0 aliphatic carbocycles. The van der Waals surface area contributed by atoms with Crippen LogP contribution >= 0.6 is 0 Å². The van der Waals surface area contributed by atoms with Gasteiger partial charge < -0.3 is 0 Å². The molecule has 0 bridgehead atoms. The van der Waals surface area contributed by atoms with Gasteiger partial charge in [0.25, 0.3) is 0 Å². The van der Waals surface area contributed by atoms with Gasteiger partial charge in [0.2, 0.25) is 5.69 Å². The normalized spacial score (nSPS) is 12.9. The number of hydrogen-bond acceptors (Lipinski definition) is 0. The molecule has 122 valence electrons. The van der Waals surface area contributed by atoms with E-state index in [1.807, 2.05) is 38.1 Å². The van der Waals surface area contributed by atoms with Gasteiger partial charge in [-0.15, -0.1) is 0 Å². The molecule has 0 aliphatic heterocycles. The van der Waals surface area contributed by atoms with Crippen molar-refractivity contribution in [2.45, 2.75) is 27.1 Å². The highest BCUT2D eigenvalue weighted by atomic mass is 14.9. The van der Waals surface area contributed by atoms with E-state index in [4.69, 9.17) is 2.74 Å². The lowest BCUT2D eigenvalue weighted by Gasteiger charge is -2.08. The quantitative estimate of drug-likeness (QED) is 0.571. The van der Waals surface area contributed by atoms with Gasteiger partial charge in [0.15, 0.2) is 6.20 Å². The Morgan fingerprint density at radius 1 is 0.958 bits per heavy atom. The standard InChI is InChI=1S/C23H26N/c1-17(2)15-19-9-11-20(12-10-19)21-13-14-24(4)23(16-21)22-8-6-5-7-18(22)3/h5-14,16-17H,15H2,1-4H3/q+1/i15D2. The van der Waals surface area contributed by atoms with Gasteiger partial charge in [-0.2, -0.15) is 0 Å². The van der Waals surface area contributed by atoms with Gasteiger partial charge in [-0.05, 0) is 47.5 Å². The SMILES string of the molecule is [2H]C([2H])(c1ccc(-c2cc[n+](C)c(-c3ccccc3C)c2)cc1)C(C)C. The Labute approximate surface area is 148 Å². The van der Waals surface area contributed by atoms with Crippen LogP contribution in [0.1, 0.15) is 27.7 Å². The lowest BCUT2D eigenvalue weighted by Crippen LogP contribution is -2.30. The van der Waals surface area contributed by atoms with Gasteiger partial charge in [0, 0.05) is 20.4 Å². The van der Waals surface area contributed by atoms with E-state index in [1.165, 1.54) is 16.8 Å². The summed E-state index contributed by atoms with van der Waals surface area (Å²) in [4.78, 5) is 0. The van der Waals surface area contributed by atoms with E-state index in [1.54, 1.807) is 0 Å². The number of nitrogens with zero attached hydrogens (tertiary/aromatic N) is 1. The number of aryl methyl sites for hydroxylation is 2. The van der Waals surface area contributed by atoms with E-state index in [9.17, 15) is 0 Å². The minimum atomic E-state index is -1.31. The molecule has 3 aromatic rings. The van der Waals surface area contributed by atoms with Crippen LogP contribution in [-0.2, 0) is 13.4 Å². The smallest absolute Gasteiger partial charge is 0.201 e. The first kappa shape index (κ1) is 14.0. The van der Waals surface area contributed by atoms with Crippen LogP contribution in [0, 0.1) is 12.8 Å². The van der Waals surface area contributed by atoms with Crippen LogP contribution in [0.5, 0.6) is 0 Å². The summed E-state index contributed by atoms with van der Waals surface area (Å²) >= 11 is 0. The first-order chi connectivity index (χ1) is 12.3. The second kappa shape index (κ2) is 7.00. The number of benzene rings is 2. The fraction of sp³-hybridized carbons (Fsp3) is 0.261. The summed E-state index contributed by atoms with van der Waals surface area (Å²) in [5, 5.41) is 0. The van der Waals surface area contributed by atoms with E-state index in [0.29, 0.717) is 0 Å². The van der Waals surface area contributed by atoms with E-state index in [0.717, 1.165) is 16.7 Å². The molecular formula is C23H26N+. The molecule has 0 fully saturated rings. The molecule has 3 rings (SSSR count). The van der Waals surface area contributed by atoms with Crippen LogP contribution in [0.2, 0.25) is 0 Å². The molecule has 0 saturated heterocycles. The maximum absolute atomic E-state index is 8.26. The van der Waals surface area contributed by atoms with Gasteiger partial charge in [-0.25, -0.2) is 4.57 Å². The fourth-order valence-electron chi connectivity index (χ4n) is 2.97. The monoisotopic (exact) mass is 318 g/mol. The molecule has 1 heteroatoms. The Balaban J connectivity index is 2.01. The lowest BCUT2D eigenvalue weighted by atomic mass is 9.98. The van der Waals surface area contributed by atoms with Crippen LogP contribution in [0.15, 0.2) is 66.9 Å². The second-order valence-corrected chi connectivity index (χ2v) is 6.60. The Morgan fingerprint density at radius 2 is 1.67 bits per heavy atom. The molecule has 2 aromatic carbocycles. The Hall–Kier alpha value is -2.41. The molecule has 0 spiro atoms. The van der Waals surface area contributed by atoms with Crippen molar-refractivity contribution in [3.63, 3.8) is 0 Å². The average Bonchev–Trinajstić information content (AvgIpc) is 2.63. The van der Waals surface area contributed by atoms with Gasteiger partial charge in [0.1, 0.15) is 7.05 Å². The molecule has 0 aliphatic rings. The summed E-state index contributed by atoms with van der Waals surface area (Å²) in [5.41, 5.74) is 6.62. The van der Waals surface area contributed by atoms with Crippen LogP contribution in [0.4, 0.5) is 0 Å². The highest BCUT2D eigenvalue weighted by Gasteiger charge is 2.13. The molecule has 0 N–H and O–H groups in total. The maximum Gasteiger partial charge on any atom is 0.213 e. The van der Waals surface area contributed by atoms with Crippen molar-refractivity contribution in [2.24, 2.45) is 13.0 Å². The highest BCUT2D eigenvalue weighted by Crippen LogP contribution is 2.26. The summed E-state index contributed by atoms with van der Waals surface area (Å²) in [5.74, 6) is -0.0585. The molecule has 0 amide bonds. The predicted octanol–water partition coefficient (Wildman–Crippen LogP) is 5.35. The van der Waals surface area contributed by atoms with Crippen LogP contribution in [-0.4, -0.2) is 0 Å². The first-order valence-electron chi connectivity index (χ1n) is 9.47. The van der Waals surface area contributed by atoms with Gasteiger partial charge in [-0.1, -0.05) is 56.3 Å². The number of aromatic nitrogens is 1. The molecule has 1 aromatic heterocycles. The van der Waals surface area contributed by atoms with Gasteiger partial charge >= 0.3 is 0 Å². The van der Waals surface area contributed by atoms with E-state index in [-0.39, 0.29) is 5.92 Å². The number of hydrogen-bond donors (Lipinski definition) is 0. The summed E-state index contributed by atoms with van der Waals surface area (Å²) in [6, 6.07) is 20.6. The van der Waals surface area contributed by atoms with Crippen molar-refractivity contribution in [3.05, 3.63) is 78.0 Å². The summed E-state index contributed by atoms with van der Waals surface area (Å²) in [7, 11) is 2.06. The van der Waals surface area contributed by atoms with Crippen LogP contribution < -0.4 is 4.57 Å². The molecular weight excluding hydrogens is 290 g/mol. The van der Waals surface area contributed by atoms with E-state index >= 15 is 0 Å². The molecule has 1 nitrogen and oxygen atoms in total. The molecule has 24 heavy (non-hydrogen) atoms. The van der Waals surface area contributed by atoms with Crippen molar-refractivity contribution < 1.29 is 7.31 Å². The Kier molecular flexibility index (Phi) is 4.08. The first-order valence-corrected chi connectivity index (χ1v) is 8.47. The van der Waals surface area contributed by atoms with Crippen molar-refractivity contribution in [2.75, 3.05) is 0 Å². The maximum atomic E-state index is 8.26. The summed E-state index contributed by atoms with van der Waals surface area (Å²) in [6.07, 6.45) is 0.770. The zero-order chi connectivity index (χ0) is 18.9. The summed E-state index contributed by atoms with van der Waals surface area (Å²) < 4.78 is 18.7. The lowest BCUT2D eigenvalue weighted by molar-refractivity contribution is -0.660. The van der Waals surface area contributed by atoms with Crippen LogP contribution in [0.25, 0.3) is 22.4 Å². The molecule has 0 unspecified atom stereocenters. The fourth-order valence-corrected chi connectivity index (χ4v) is 2.97. The zero-order valence-electron chi connectivity index (χ0n) is 16.9. The van der Waals surface area contributed by atoms with Gasteiger partial charge in [0.05, 0.1) is 0 Å². The van der Waals surface area contributed by atoms with Crippen molar-refractivity contribution >= 4 is 0 Å². The Morgan fingerprint density at radius 3 is 2.33 bits per heavy atom. The molecule has 0 radical (unpaired) electrons. The topological polar surface area (TPSA) is 3.88 Å². The third-order valence-corrected chi connectivity index (χ3v) is 4.24. The predicted molar refractivity (Wildman–Crippen MR) is 102 cm³/mol. The van der Waals surface area contributed by atoms with Crippen LogP contribution in [0.3, 0.4) is 0 Å². The van der Waals surface area contributed by atoms with E-state index < -0.39 is 6.37 Å². The third kappa shape index (κ3) is 3.56. The zero-order valence-corrected chi connectivity index (χ0v) is 14.9. The number of rotatable bonds is 4. The van der Waals surface area contributed by atoms with Crippen molar-refractivity contribution in [1.29, 1.82) is 0 Å². The average molecular weight is 318 g/mol. The van der Waals surface area contributed by atoms with Crippen molar-refractivity contribution in [3.8, 4) is 22.4 Å². The van der Waals surface area contributed by atoms with Crippen molar-refractivity contribution in [1.82, 2.24) is 0 Å². The van der Waals surface area contributed by atoms with E-state index in [2.05, 4.69) is 61.1 Å². The second-order valence-electron chi connectivity index (χ2n) is 6.60. The third-order valence-electron chi connectivity index (χ3n) is 4.24. The Bertz CT molecular complexity index is 912. The number of pyridine rings is 1. The van der Waals surface area contributed by atoms with Gasteiger partial charge in [-0.3, -0.25) is 0 Å². The minimum absolute atomic E-state index is 0.0585.